The van der Waals surface area contributed by atoms with Gasteiger partial charge in [0.25, 0.3) is 0 Å². The van der Waals surface area contributed by atoms with Gasteiger partial charge >= 0.3 is 0 Å². The fourth-order valence-electron chi connectivity index (χ4n) is 2.13. The molecule has 1 atom stereocenters. The number of rotatable bonds is 6. The van der Waals surface area contributed by atoms with E-state index in [4.69, 9.17) is 0 Å². The minimum atomic E-state index is -3.06. The Kier molecular flexibility index (Phi) is 5.78. The first-order valence-corrected chi connectivity index (χ1v) is 8.42. The predicted molar refractivity (Wildman–Crippen MR) is 72.4 cm³/mol. The van der Waals surface area contributed by atoms with E-state index >= 15 is 0 Å². The lowest BCUT2D eigenvalue weighted by Crippen LogP contribution is -2.46. The number of nitrogens with zero attached hydrogens (tertiary/aromatic N) is 1. The number of carbonyl (C=O) groups excluding carboxylic acids is 2. The molecule has 0 saturated carbocycles. The number of unbranched alkanes of at least 4 members (excludes halogenated alkanes) is 1. The second-order valence-corrected chi connectivity index (χ2v) is 7.14. The van der Waals surface area contributed by atoms with Gasteiger partial charge in [-0.15, -0.1) is 0 Å². The maximum atomic E-state index is 11.7. The van der Waals surface area contributed by atoms with Crippen molar-refractivity contribution in [2.75, 3.05) is 24.6 Å². The predicted octanol–water partition coefficient (Wildman–Crippen LogP) is -0.0617. The van der Waals surface area contributed by atoms with Gasteiger partial charge in [0, 0.05) is 19.5 Å². The summed E-state index contributed by atoms with van der Waals surface area (Å²) in [5, 5.41) is 2.73. The lowest BCUT2D eigenvalue weighted by Gasteiger charge is -2.26. The van der Waals surface area contributed by atoms with E-state index in [0.29, 0.717) is 13.0 Å². The Morgan fingerprint density at radius 3 is 2.53 bits per heavy atom. The normalized spacial score (nSPS) is 21.1. The monoisotopic (exact) mass is 290 g/mol. The molecule has 7 heteroatoms. The summed E-state index contributed by atoms with van der Waals surface area (Å²) in [5.74, 6) is -0.422. The molecule has 19 heavy (non-hydrogen) atoms. The van der Waals surface area contributed by atoms with Crippen molar-refractivity contribution >= 4 is 21.7 Å². The molecule has 1 N–H and O–H groups in total. The molecule has 6 nitrogen and oxygen atoms in total. The van der Waals surface area contributed by atoms with Gasteiger partial charge in [0.1, 0.15) is 0 Å². The number of amides is 2. The molecule has 0 spiro atoms. The zero-order chi connectivity index (χ0) is 14.5. The highest BCUT2D eigenvalue weighted by Crippen LogP contribution is 2.17. The summed E-state index contributed by atoms with van der Waals surface area (Å²) in [6, 6.07) is -0.362. The van der Waals surface area contributed by atoms with Crippen LogP contribution in [0.2, 0.25) is 0 Å². The number of carbonyl (C=O) groups is 2. The number of hydrogen-bond donors (Lipinski definition) is 1. The number of nitrogens with one attached hydrogen (secondary N) is 1. The Morgan fingerprint density at radius 1 is 1.37 bits per heavy atom. The van der Waals surface area contributed by atoms with Crippen molar-refractivity contribution in [2.45, 2.75) is 39.2 Å². The van der Waals surface area contributed by atoms with E-state index in [1.165, 1.54) is 11.8 Å². The summed E-state index contributed by atoms with van der Waals surface area (Å²) in [5.41, 5.74) is 0. The highest BCUT2D eigenvalue weighted by Gasteiger charge is 2.34. The van der Waals surface area contributed by atoms with Gasteiger partial charge in [-0.25, -0.2) is 8.42 Å². The van der Waals surface area contributed by atoms with Crippen LogP contribution in [0, 0.1) is 0 Å². The summed E-state index contributed by atoms with van der Waals surface area (Å²) in [6.07, 6.45) is 2.30. The Hall–Kier alpha value is -1.11. The molecule has 1 unspecified atom stereocenters. The lowest BCUT2D eigenvalue weighted by molar-refractivity contribution is -0.136. The van der Waals surface area contributed by atoms with Crippen LogP contribution in [0.5, 0.6) is 0 Å². The van der Waals surface area contributed by atoms with Crippen molar-refractivity contribution in [3.05, 3.63) is 0 Å². The summed E-state index contributed by atoms with van der Waals surface area (Å²) in [7, 11) is -3.06. The minimum Gasteiger partial charge on any atom is -0.355 e. The average Bonchev–Trinajstić information content (AvgIpc) is 2.66. The first-order valence-electron chi connectivity index (χ1n) is 6.60. The molecule has 1 aliphatic rings. The molecule has 2 amide bonds. The van der Waals surface area contributed by atoms with Crippen LogP contribution in [-0.2, 0) is 19.4 Å². The van der Waals surface area contributed by atoms with Crippen LogP contribution in [0.1, 0.15) is 33.1 Å². The van der Waals surface area contributed by atoms with Gasteiger partial charge < -0.3 is 10.2 Å². The summed E-state index contributed by atoms with van der Waals surface area (Å²) in [4.78, 5) is 24.6. The highest BCUT2D eigenvalue weighted by molar-refractivity contribution is 7.91. The van der Waals surface area contributed by atoms with Crippen molar-refractivity contribution < 1.29 is 18.0 Å². The molecule has 1 heterocycles. The topological polar surface area (TPSA) is 83.6 Å². The lowest BCUT2D eigenvalue weighted by atomic mass is 10.2. The van der Waals surface area contributed by atoms with Gasteiger partial charge in [0.05, 0.1) is 18.1 Å². The third kappa shape index (κ3) is 5.18. The van der Waals surface area contributed by atoms with Gasteiger partial charge in [0.15, 0.2) is 9.84 Å². The first-order chi connectivity index (χ1) is 8.85. The van der Waals surface area contributed by atoms with E-state index in [2.05, 4.69) is 5.32 Å². The van der Waals surface area contributed by atoms with E-state index in [-0.39, 0.29) is 35.9 Å². The van der Waals surface area contributed by atoms with Gasteiger partial charge in [-0.05, 0) is 12.8 Å². The summed E-state index contributed by atoms with van der Waals surface area (Å²) >= 11 is 0. The van der Waals surface area contributed by atoms with Gasteiger partial charge in [-0.2, -0.15) is 0 Å². The Labute approximate surface area is 114 Å². The largest absolute Gasteiger partial charge is 0.355 e. The van der Waals surface area contributed by atoms with E-state index in [1.54, 1.807) is 0 Å². The second-order valence-electron chi connectivity index (χ2n) is 4.91. The Bertz CT molecular complexity index is 433. The minimum absolute atomic E-state index is 0.0329. The molecule has 1 rings (SSSR count). The molecule has 0 aromatic carbocycles. The number of hydrogen-bond acceptors (Lipinski definition) is 4. The molecular weight excluding hydrogens is 268 g/mol. The van der Waals surface area contributed by atoms with Crippen LogP contribution in [0.25, 0.3) is 0 Å². The maximum absolute atomic E-state index is 11.7. The summed E-state index contributed by atoms with van der Waals surface area (Å²) in [6.45, 7) is 3.92. The van der Waals surface area contributed by atoms with Crippen LogP contribution in [0.3, 0.4) is 0 Å². The molecular formula is C12H22N2O4S. The molecule has 1 aliphatic heterocycles. The number of sulfone groups is 1. The van der Waals surface area contributed by atoms with E-state index in [1.807, 2.05) is 6.92 Å². The van der Waals surface area contributed by atoms with Crippen molar-refractivity contribution in [1.29, 1.82) is 0 Å². The average molecular weight is 290 g/mol. The summed E-state index contributed by atoms with van der Waals surface area (Å²) < 4.78 is 22.9. The first kappa shape index (κ1) is 15.9. The smallest absolute Gasteiger partial charge is 0.239 e. The zero-order valence-corrected chi connectivity index (χ0v) is 12.3. The van der Waals surface area contributed by atoms with Crippen molar-refractivity contribution in [3.8, 4) is 0 Å². The third-order valence-corrected chi connectivity index (χ3v) is 4.97. The molecule has 0 aliphatic carbocycles. The van der Waals surface area contributed by atoms with Gasteiger partial charge in [-0.3, -0.25) is 9.59 Å². The molecule has 110 valence electrons. The SMILES string of the molecule is CCCCNC(=O)CN(C(C)=O)C1CCS(=O)(=O)C1. The Morgan fingerprint density at radius 2 is 2.05 bits per heavy atom. The highest BCUT2D eigenvalue weighted by atomic mass is 32.2. The van der Waals surface area contributed by atoms with Crippen LogP contribution in [-0.4, -0.2) is 55.8 Å². The standard InChI is InChI=1S/C12H22N2O4S/c1-3-4-6-13-12(16)8-14(10(2)15)11-5-7-19(17,18)9-11/h11H,3-9H2,1-2H3,(H,13,16). The van der Waals surface area contributed by atoms with Crippen LogP contribution in [0.4, 0.5) is 0 Å². The van der Waals surface area contributed by atoms with E-state index < -0.39 is 9.84 Å². The van der Waals surface area contributed by atoms with Crippen LogP contribution in [0.15, 0.2) is 0 Å². The molecule has 0 aromatic heterocycles. The molecule has 0 radical (unpaired) electrons. The fraction of sp³-hybridized carbons (Fsp3) is 0.833. The Balaban J connectivity index is 2.54. The van der Waals surface area contributed by atoms with Crippen LogP contribution >= 0.6 is 0 Å². The zero-order valence-electron chi connectivity index (χ0n) is 11.5. The molecule has 0 bridgehead atoms. The molecule has 1 fully saturated rings. The second kappa shape index (κ2) is 6.88. The van der Waals surface area contributed by atoms with E-state index in [9.17, 15) is 18.0 Å². The van der Waals surface area contributed by atoms with Gasteiger partial charge in [0.2, 0.25) is 11.8 Å². The molecule has 1 saturated heterocycles. The quantitative estimate of drug-likeness (QED) is 0.695. The van der Waals surface area contributed by atoms with Crippen molar-refractivity contribution in [1.82, 2.24) is 10.2 Å². The third-order valence-electron chi connectivity index (χ3n) is 3.22. The molecule has 0 aromatic rings. The fourth-order valence-corrected chi connectivity index (χ4v) is 3.86. The van der Waals surface area contributed by atoms with Crippen molar-refractivity contribution in [3.63, 3.8) is 0 Å². The maximum Gasteiger partial charge on any atom is 0.239 e. The van der Waals surface area contributed by atoms with Crippen molar-refractivity contribution in [2.24, 2.45) is 0 Å². The van der Waals surface area contributed by atoms with Crippen LogP contribution < -0.4 is 5.32 Å². The van der Waals surface area contributed by atoms with E-state index in [0.717, 1.165) is 12.8 Å². The van der Waals surface area contributed by atoms with Gasteiger partial charge in [-0.1, -0.05) is 13.3 Å².